The van der Waals surface area contributed by atoms with Crippen LogP contribution in [0.3, 0.4) is 0 Å². The molecule has 0 saturated carbocycles. The number of aromatic nitrogens is 1. The van der Waals surface area contributed by atoms with Gasteiger partial charge in [0.25, 0.3) is 5.91 Å². The second-order valence-corrected chi connectivity index (χ2v) is 8.75. The molecule has 0 bridgehead atoms. The molecule has 25 heavy (non-hydrogen) atoms. The molecule has 0 unspecified atom stereocenters. The van der Waals surface area contributed by atoms with Crippen LogP contribution in [0.1, 0.15) is 5.01 Å². The number of thiazole rings is 1. The second-order valence-electron chi connectivity index (χ2n) is 5.43. The Labute approximate surface area is 166 Å². The Hall–Kier alpha value is -1.71. The van der Waals surface area contributed by atoms with Gasteiger partial charge in [0.1, 0.15) is 5.75 Å². The average molecular weight is 480 g/mol. The van der Waals surface area contributed by atoms with Gasteiger partial charge in [0, 0.05) is 15.0 Å². The van der Waals surface area contributed by atoms with E-state index in [0.29, 0.717) is 0 Å². The summed E-state index contributed by atoms with van der Waals surface area (Å²) in [6.45, 7) is 1.97. The van der Waals surface area contributed by atoms with Gasteiger partial charge in [0.2, 0.25) is 0 Å². The van der Waals surface area contributed by atoms with Crippen molar-refractivity contribution in [3.05, 3.63) is 50.4 Å². The topological polar surface area (TPSA) is 51.2 Å². The first-order valence-electron chi connectivity index (χ1n) is 7.56. The third-order valence-corrected chi connectivity index (χ3v) is 6.45. The van der Waals surface area contributed by atoms with Crippen LogP contribution in [0, 0.1) is 10.5 Å². The van der Waals surface area contributed by atoms with E-state index in [9.17, 15) is 4.79 Å². The SMILES string of the molecule is Cc1nc2c(cc(OCC(=O)Nc3ccccc3I)c3ccsc32)s1. The van der Waals surface area contributed by atoms with Crippen LogP contribution >= 0.6 is 45.3 Å². The first kappa shape index (κ1) is 16.7. The summed E-state index contributed by atoms with van der Waals surface area (Å²) in [5, 5.41) is 6.94. The van der Waals surface area contributed by atoms with Gasteiger partial charge in [0.05, 0.1) is 25.6 Å². The van der Waals surface area contributed by atoms with Crippen molar-refractivity contribution >= 4 is 77.2 Å². The molecule has 0 aliphatic rings. The van der Waals surface area contributed by atoms with Gasteiger partial charge in [-0.15, -0.1) is 22.7 Å². The number of anilines is 1. The molecule has 0 radical (unpaired) electrons. The number of hydrogen-bond donors (Lipinski definition) is 1. The number of hydrogen-bond acceptors (Lipinski definition) is 5. The third kappa shape index (κ3) is 3.36. The number of fused-ring (bicyclic) bond motifs is 3. The normalized spacial score (nSPS) is 11.1. The predicted molar refractivity (Wildman–Crippen MR) is 113 cm³/mol. The fourth-order valence-corrected chi connectivity index (χ4v) is 4.95. The Morgan fingerprint density at radius 1 is 1.32 bits per heavy atom. The van der Waals surface area contributed by atoms with Crippen LogP contribution < -0.4 is 10.1 Å². The monoisotopic (exact) mass is 480 g/mol. The lowest BCUT2D eigenvalue weighted by atomic mass is 10.2. The molecule has 4 rings (SSSR count). The highest BCUT2D eigenvalue weighted by Crippen LogP contribution is 2.38. The predicted octanol–water partition coefficient (Wildman–Crippen LogP) is 5.44. The Kier molecular flexibility index (Phi) is 4.61. The van der Waals surface area contributed by atoms with E-state index in [0.717, 1.165) is 40.3 Å². The Bertz CT molecular complexity index is 1090. The molecule has 7 heteroatoms. The number of carbonyl (C=O) groups is 1. The molecule has 2 aromatic heterocycles. The smallest absolute Gasteiger partial charge is 0.262 e. The zero-order valence-electron chi connectivity index (χ0n) is 13.2. The van der Waals surface area contributed by atoms with Gasteiger partial charge in [-0.25, -0.2) is 4.98 Å². The summed E-state index contributed by atoms with van der Waals surface area (Å²) in [5.41, 5.74) is 1.81. The third-order valence-electron chi connectivity index (χ3n) is 3.67. The molecular weight excluding hydrogens is 467 g/mol. The summed E-state index contributed by atoms with van der Waals surface area (Å²) < 4.78 is 9.03. The molecule has 0 aliphatic carbocycles. The zero-order chi connectivity index (χ0) is 17.4. The van der Waals surface area contributed by atoms with Gasteiger partial charge in [0.15, 0.2) is 6.61 Å². The minimum absolute atomic E-state index is 0.0286. The number of carbonyl (C=O) groups excluding carboxylic acids is 1. The summed E-state index contributed by atoms with van der Waals surface area (Å²) in [5.74, 6) is 0.554. The lowest BCUT2D eigenvalue weighted by molar-refractivity contribution is -0.118. The average Bonchev–Trinajstić information content (AvgIpc) is 3.20. The Morgan fingerprint density at radius 3 is 3.00 bits per heavy atom. The van der Waals surface area contributed by atoms with E-state index in [1.165, 1.54) is 0 Å². The number of benzene rings is 2. The molecule has 2 heterocycles. The number of halogens is 1. The number of rotatable bonds is 4. The maximum absolute atomic E-state index is 12.2. The molecule has 0 aliphatic heterocycles. The van der Waals surface area contributed by atoms with Crippen molar-refractivity contribution in [1.29, 1.82) is 0 Å². The summed E-state index contributed by atoms with van der Waals surface area (Å²) in [4.78, 5) is 16.8. The molecular formula is C18H13IN2O2S2. The molecule has 1 N–H and O–H groups in total. The van der Waals surface area contributed by atoms with Gasteiger partial charge >= 0.3 is 0 Å². The van der Waals surface area contributed by atoms with E-state index < -0.39 is 0 Å². The van der Waals surface area contributed by atoms with Gasteiger partial charge < -0.3 is 10.1 Å². The fourth-order valence-electron chi connectivity index (χ4n) is 2.60. The molecule has 2 aromatic carbocycles. The van der Waals surface area contributed by atoms with Crippen molar-refractivity contribution in [2.24, 2.45) is 0 Å². The van der Waals surface area contributed by atoms with Crippen LogP contribution in [-0.2, 0) is 4.79 Å². The van der Waals surface area contributed by atoms with Crippen LogP contribution in [0.15, 0.2) is 41.8 Å². The molecule has 4 nitrogen and oxygen atoms in total. The molecule has 0 spiro atoms. The van der Waals surface area contributed by atoms with Gasteiger partial charge in [-0.3, -0.25) is 4.79 Å². The summed E-state index contributed by atoms with van der Waals surface area (Å²) >= 11 is 5.48. The standard InChI is InChI=1S/C18H13IN2O2S2/c1-10-20-17-15(25-10)8-14(11-6-7-24-18(11)17)23-9-16(22)21-13-5-3-2-4-12(13)19/h2-8H,9H2,1H3,(H,21,22). The van der Waals surface area contributed by atoms with Crippen LogP contribution in [0.5, 0.6) is 5.75 Å². The number of ether oxygens (including phenoxy) is 1. The number of amides is 1. The summed E-state index contributed by atoms with van der Waals surface area (Å²) in [7, 11) is 0. The largest absolute Gasteiger partial charge is 0.483 e. The molecule has 126 valence electrons. The van der Waals surface area contributed by atoms with E-state index in [1.807, 2.05) is 48.7 Å². The zero-order valence-corrected chi connectivity index (χ0v) is 17.0. The minimum atomic E-state index is -0.173. The molecule has 1 amide bonds. The highest BCUT2D eigenvalue weighted by molar-refractivity contribution is 14.1. The second kappa shape index (κ2) is 6.89. The van der Waals surface area contributed by atoms with Crippen LogP contribution in [0.2, 0.25) is 0 Å². The molecule has 0 fully saturated rings. The molecule has 0 saturated heterocycles. The van der Waals surface area contributed by atoms with Crippen molar-refractivity contribution in [1.82, 2.24) is 4.98 Å². The quantitative estimate of drug-likeness (QED) is 0.396. The van der Waals surface area contributed by atoms with Crippen LogP contribution in [0.4, 0.5) is 5.69 Å². The number of nitrogens with zero attached hydrogens (tertiary/aromatic N) is 1. The number of nitrogens with one attached hydrogen (secondary N) is 1. The first-order valence-corrected chi connectivity index (χ1v) is 10.3. The number of thiophene rings is 1. The summed E-state index contributed by atoms with van der Waals surface area (Å²) in [6.07, 6.45) is 0. The van der Waals surface area contributed by atoms with E-state index in [1.54, 1.807) is 22.7 Å². The number of para-hydroxylation sites is 1. The summed E-state index contributed by atoms with van der Waals surface area (Å²) in [6, 6.07) is 11.7. The number of aryl methyl sites for hydroxylation is 1. The fraction of sp³-hybridized carbons (Fsp3) is 0.111. The minimum Gasteiger partial charge on any atom is -0.483 e. The maximum atomic E-state index is 12.2. The molecule has 0 atom stereocenters. The van der Waals surface area contributed by atoms with E-state index in [2.05, 4.69) is 32.9 Å². The lowest BCUT2D eigenvalue weighted by Crippen LogP contribution is -2.20. The van der Waals surface area contributed by atoms with E-state index >= 15 is 0 Å². The van der Waals surface area contributed by atoms with Gasteiger partial charge in [-0.05, 0) is 53.1 Å². The van der Waals surface area contributed by atoms with Crippen molar-refractivity contribution in [2.45, 2.75) is 6.92 Å². The van der Waals surface area contributed by atoms with Crippen molar-refractivity contribution in [3.8, 4) is 5.75 Å². The van der Waals surface area contributed by atoms with Crippen molar-refractivity contribution < 1.29 is 9.53 Å². The van der Waals surface area contributed by atoms with E-state index in [4.69, 9.17) is 4.74 Å². The van der Waals surface area contributed by atoms with Gasteiger partial charge in [-0.2, -0.15) is 0 Å². The molecule has 4 aromatic rings. The highest BCUT2D eigenvalue weighted by Gasteiger charge is 2.14. The van der Waals surface area contributed by atoms with E-state index in [-0.39, 0.29) is 12.5 Å². The van der Waals surface area contributed by atoms with Crippen LogP contribution in [0.25, 0.3) is 20.3 Å². The Morgan fingerprint density at radius 2 is 2.16 bits per heavy atom. The van der Waals surface area contributed by atoms with Crippen molar-refractivity contribution in [2.75, 3.05) is 11.9 Å². The van der Waals surface area contributed by atoms with Gasteiger partial charge in [-0.1, -0.05) is 12.1 Å². The first-order chi connectivity index (χ1) is 12.1. The van der Waals surface area contributed by atoms with Crippen molar-refractivity contribution in [3.63, 3.8) is 0 Å². The highest BCUT2D eigenvalue weighted by atomic mass is 127. The lowest BCUT2D eigenvalue weighted by Gasteiger charge is -2.10. The maximum Gasteiger partial charge on any atom is 0.262 e. The van der Waals surface area contributed by atoms with Crippen LogP contribution in [-0.4, -0.2) is 17.5 Å². The Balaban J connectivity index is 1.57.